The zero-order valence-corrected chi connectivity index (χ0v) is 17.5. The molecule has 0 atom stereocenters. The van der Waals surface area contributed by atoms with Crippen molar-refractivity contribution in [3.63, 3.8) is 0 Å². The van der Waals surface area contributed by atoms with E-state index in [9.17, 15) is 14.4 Å². The maximum Gasteiger partial charge on any atom is 0.344 e. The zero-order chi connectivity index (χ0) is 20.4. The van der Waals surface area contributed by atoms with Crippen molar-refractivity contribution >= 4 is 29.6 Å². The molecule has 4 saturated carbocycles. The van der Waals surface area contributed by atoms with Crippen LogP contribution in [0.15, 0.2) is 29.2 Å². The summed E-state index contributed by atoms with van der Waals surface area (Å²) in [6.07, 6.45) is 7.37. The first-order valence-corrected chi connectivity index (χ1v) is 11.2. The fourth-order valence-corrected chi connectivity index (χ4v) is 6.60. The summed E-state index contributed by atoms with van der Waals surface area (Å²) in [6.45, 7) is -0.430. The topological polar surface area (TPSA) is 81.7 Å². The van der Waals surface area contributed by atoms with Crippen molar-refractivity contribution in [2.75, 3.05) is 19.5 Å². The molecule has 1 amide bonds. The highest BCUT2D eigenvalue weighted by Gasteiger charge is 2.51. The van der Waals surface area contributed by atoms with Crippen molar-refractivity contribution in [1.82, 2.24) is 5.32 Å². The van der Waals surface area contributed by atoms with Crippen molar-refractivity contribution in [1.29, 1.82) is 0 Å². The van der Waals surface area contributed by atoms with E-state index in [0.29, 0.717) is 10.5 Å². The van der Waals surface area contributed by atoms with Gasteiger partial charge in [0.25, 0.3) is 0 Å². The van der Waals surface area contributed by atoms with Crippen molar-refractivity contribution in [3.05, 3.63) is 29.8 Å². The minimum Gasteiger partial charge on any atom is -0.466 e. The molecule has 0 heterocycles. The number of carbonyl (C=O) groups excluding carboxylic acids is 3. The Morgan fingerprint density at radius 3 is 2.31 bits per heavy atom. The van der Waals surface area contributed by atoms with E-state index < -0.39 is 18.5 Å². The Morgan fingerprint density at radius 1 is 1.07 bits per heavy atom. The third-order valence-electron chi connectivity index (χ3n) is 6.46. The number of ether oxygens (including phenoxy) is 2. The van der Waals surface area contributed by atoms with Gasteiger partial charge < -0.3 is 14.8 Å². The Morgan fingerprint density at radius 2 is 1.69 bits per heavy atom. The standard InChI is InChI=1S/C22H27NO5S/c1-27-20(25)12-28-21(26)17-4-2-3-5-18(17)29-13-19(24)23-22-9-14-6-15(10-22)8-16(7-14)11-22/h2-5,14-16H,6-13H2,1H3,(H,23,24). The van der Waals surface area contributed by atoms with E-state index >= 15 is 0 Å². The molecule has 29 heavy (non-hydrogen) atoms. The number of carbonyl (C=O) groups is 3. The maximum absolute atomic E-state index is 12.7. The zero-order valence-electron chi connectivity index (χ0n) is 16.6. The molecule has 4 bridgehead atoms. The second kappa shape index (κ2) is 8.38. The van der Waals surface area contributed by atoms with Crippen molar-refractivity contribution in [3.8, 4) is 0 Å². The second-order valence-corrected chi connectivity index (χ2v) is 9.70. The van der Waals surface area contributed by atoms with Crippen LogP contribution in [0, 0.1) is 17.8 Å². The molecule has 1 aromatic rings. The number of hydrogen-bond donors (Lipinski definition) is 1. The molecule has 0 aliphatic heterocycles. The van der Waals surface area contributed by atoms with E-state index in [1.54, 1.807) is 18.2 Å². The highest BCUT2D eigenvalue weighted by Crippen LogP contribution is 2.55. The van der Waals surface area contributed by atoms with Crippen LogP contribution < -0.4 is 5.32 Å². The van der Waals surface area contributed by atoms with E-state index in [1.165, 1.54) is 38.1 Å². The lowest BCUT2D eigenvalue weighted by Gasteiger charge is -2.56. The van der Waals surface area contributed by atoms with Crippen LogP contribution in [0.3, 0.4) is 0 Å². The minimum atomic E-state index is -0.613. The van der Waals surface area contributed by atoms with Gasteiger partial charge in [0, 0.05) is 10.4 Å². The molecule has 1 N–H and O–H groups in total. The molecule has 7 heteroatoms. The number of nitrogens with one attached hydrogen (secondary N) is 1. The molecule has 0 saturated heterocycles. The van der Waals surface area contributed by atoms with E-state index in [2.05, 4.69) is 10.1 Å². The van der Waals surface area contributed by atoms with Gasteiger partial charge in [-0.15, -0.1) is 11.8 Å². The van der Waals surface area contributed by atoms with E-state index in [0.717, 1.165) is 37.0 Å². The van der Waals surface area contributed by atoms with E-state index in [-0.39, 0.29) is 17.2 Å². The third kappa shape index (κ3) is 4.60. The Hall–Kier alpha value is -2.02. The molecule has 5 rings (SSSR count). The summed E-state index contributed by atoms with van der Waals surface area (Å²) in [6, 6.07) is 6.97. The van der Waals surface area contributed by atoms with Gasteiger partial charge in [-0.3, -0.25) is 4.79 Å². The number of rotatable bonds is 7. The lowest BCUT2D eigenvalue weighted by atomic mass is 9.53. The Kier molecular flexibility index (Phi) is 5.86. The maximum atomic E-state index is 12.7. The first-order valence-electron chi connectivity index (χ1n) is 10.2. The molecule has 0 aromatic heterocycles. The van der Waals surface area contributed by atoms with Gasteiger partial charge in [-0.1, -0.05) is 12.1 Å². The van der Waals surface area contributed by atoms with Gasteiger partial charge in [0.05, 0.1) is 18.4 Å². The Balaban J connectivity index is 1.34. The highest BCUT2D eigenvalue weighted by molar-refractivity contribution is 8.00. The number of hydrogen-bond acceptors (Lipinski definition) is 6. The van der Waals surface area contributed by atoms with Gasteiger partial charge in [-0.05, 0) is 68.4 Å². The summed E-state index contributed by atoms with van der Waals surface area (Å²) < 4.78 is 9.48. The van der Waals surface area contributed by atoms with E-state index in [1.807, 2.05) is 6.07 Å². The predicted molar refractivity (Wildman–Crippen MR) is 109 cm³/mol. The molecule has 4 fully saturated rings. The molecule has 6 nitrogen and oxygen atoms in total. The van der Waals surface area contributed by atoms with Gasteiger partial charge >= 0.3 is 11.9 Å². The molecule has 156 valence electrons. The number of amides is 1. The first kappa shape index (κ1) is 20.3. The highest BCUT2D eigenvalue weighted by atomic mass is 32.2. The van der Waals surface area contributed by atoms with Crippen LogP contribution >= 0.6 is 11.8 Å². The summed E-state index contributed by atoms with van der Waals surface area (Å²) in [5.74, 6) is 1.40. The van der Waals surface area contributed by atoms with Crippen molar-refractivity contribution in [2.45, 2.75) is 49.0 Å². The number of methoxy groups -OCH3 is 1. The van der Waals surface area contributed by atoms with Gasteiger partial charge in [0.2, 0.25) is 5.91 Å². The summed E-state index contributed by atoms with van der Waals surface area (Å²) in [5.41, 5.74) is 0.342. The van der Waals surface area contributed by atoms with Crippen LogP contribution in [0.25, 0.3) is 0 Å². The predicted octanol–water partition coefficient (Wildman–Crippen LogP) is 3.19. The first-order chi connectivity index (χ1) is 14.0. The van der Waals surface area contributed by atoms with Crippen LogP contribution in [0.5, 0.6) is 0 Å². The average molecular weight is 418 g/mol. The fourth-order valence-electron chi connectivity index (χ4n) is 5.76. The van der Waals surface area contributed by atoms with Crippen LogP contribution in [-0.4, -0.2) is 42.9 Å². The lowest BCUT2D eigenvalue weighted by Crippen LogP contribution is -2.60. The minimum absolute atomic E-state index is 0.00858. The quantitative estimate of drug-likeness (QED) is 0.542. The van der Waals surface area contributed by atoms with E-state index in [4.69, 9.17) is 4.74 Å². The monoisotopic (exact) mass is 417 g/mol. The molecular formula is C22H27NO5S. The van der Waals surface area contributed by atoms with Crippen LogP contribution in [0.4, 0.5) is 0 Å². The number of thioether (sulfide) groups is 1. The Bertz CT molecular complexity index is 773. The molecule has 4 aliphatic rings. The van der Waals surface area contributed by atoms with Gasteiger partial charge in [0.1, 0.15) is 0 Å². The van der Waals surface area contributed by atoms with Crippen molar-refractivity contribution < 1.29 is 23.9 Å². The SMILES string of the molecule is COC(=O)COC(=O)c1ccccc1SCC(=O)NC12CC3CC(CC(C3)C1)C2. The number of esters is 2. The molecule has 4 aliphatic carbocycles. The largest absolute Gasteiger partial charge is 0.466 e. The summed E-state index contributed by atoms with van der Waals surface area (Å²) in [7, 11) is 1.24. The third-order valence-corrected chi connectivity index (χ3v) is 7.53. The van der Waals surface area contributed by atoms with Crippen LogP contribution in [-0.2, 0) is 19.1 Å². The summed E-state index contributed by atoms with van der Waals surface area (Å²) >= 11 is 1.32. The fraction of sp³-hybridized carbons (Fsp3) is 0.591. The number of benzene rings is 1. The summed E-state index contributed by atoms with van der Waals surface area (Å²) in [5, 5.41) is 3.35. The summed E-state index contributed by atoms with van der Waals surface area (Å²) in [4.78, 5) is 36.9. The van der Waals surface area contributed by atoms with Gasteiger partial charge in [-0.25, -0.2) is 9.59 Å². The molecule has 1 aromatic carbocycles. The molecule has 0 spiro atoms. The van der Waals surface area contributed by atoms with Crippen LogP contribution in [0.2, 0.25) is 0 Å². The lowest BCUT2D eigenvalue weighted by molar-refractivity contribution is -0.144. The second-order valence-electron chi connectivity index (χ2n) is 8.68. The van der Waals surface area contributed by atoms with Gasteiger partial charge in [0.15, 0.2) is 6.61 Å². The van der Waals surface area contributed by atoms with Crippen molar-refractivity contribution in [2.24, 2.45) is 17.8 Å². The molecular weight excluding hydrogens is 390 g/mol. The normalized spacial score (nSPS) is 29.3. The Labute approximate surface area is 175 Å². The smallest absolute Gasteiger partial charge is 0.344 e. The van der Waals surface area contributed by atoms with Crippen LogP contribution in [0.1, 0.15) is 48.9 Å². The molecule has 0 radical (unpaired) electrons. The van der Waals surface area contributed by atoms with Gasteiger partial charge in [-0.2, -0.15) is 0 Å². The molecule has 0 unspecified atom stereocenters. The average Bonchev–Trinajstić information content (AvgIpc) is 2.69.